The van der Waals surface area contributed by atoms with E-state index in [-0.39, 0.29) is 17.6 Å². The van der Waals surface area contributed by atoms with Crippen molar-refractivity contribution in [1.29, 1.82) is 0 Å². The first kappa shape index (κ1) is 17.6. The highest BCUT2D eigenvalue weighted by molar-refractivity contribution is 5.75. The molecule has 4 nitrogen and oxygen atoms in total. The zero-order chi connectivity index (χ0) is 16.2. The minimum absolute atomic E-state index is 0.0656. The van der Waals surface area contributed by atoms with Crippen molar-refractivity contribution >= 4 is 6.03 Å². The van der Waals surface area contributed by atoms with Crippen LogP contribution in [-0.2, 0) is 0 Å². The van der Waals surface area contributed by atoms with Crippen LogP contribution >= 0.6 is 0 Å². The van der Waals surface area contributed by atoms with E-state index in [4.69, 9.17) is 0 Å². The Kier molecular flexibility index (Phi) is 6.13. The van der Waals surface area contributed by atoms with Crippen LogP contribution in [0.3, 0.4) is 0 Å². The first-order chi connectivity index (χ1) is 10.4. The lowest BCUT2D eigenvalue weighted by molar-refractivity contribution is 0.122. The Morgan fingerprint density at radius 2 is 1.91 bits per heavy atom. The van der Waals surface area contributed by atoms with E-state index in [2.05, 4.69) is 24.1 Å². The summed E-state index contributed by atoms with van der Waals surface area (Å²) in [4.78, 5) is 14.7. The van der Waals surface area contributed by atoms with Gasteiger partial charge in [0.1, 0.15) is 0 Å². The maximum Gasteiger partial charge on any atom is 0.317 e. The Morgan fingerprint density at radius 3 is 2.55 bits per heavy atom. The van der Waals surface area contributed by atoms with Gasteiger partial charge in [-0.3, -0.25) is 0 Å². The summed E-state index contributed by atoms with van der Waals surface area (Å²) in [5, 5.41) is 12.7. The van der Waals surface area contributed by atoms with Gasteiger partial charge in [0.25, 0.3) is 0 Å². The molecule has 1 aliphatic heterocycles. The van der Waals surface area contributed by atoms with Crippen LogP contribution in [0.5, 0.6) is 0 Å². The number of amides is 2. The number of urea groups is 1. The molecule has 4 heteroatoms. The molecule has 1 heterocycles. The first-order valence-corrected chi connectivity index (χ1v) is 9.11. The zero-order valence-electron chi connectivity index (χ0n) is 14.6. The fourth-order valence-electron chi connectivity index (χ4n) is 4.34. The van der Waals surface area contributed by atoms with Crippen LogP contribution in [0.2, 0.25) is 0 Å². The van der Waals surface area contributed by atoms with Gasteiger partial charge in [0.05, 0.1) is 6.10 Å². The Bertz CT molecular complexity index is 362. The third-order valence-corrected chi connectivity index (χ3v) is 5.32. The van der Waals surface area contributed by atoms with Gasteiger partial charge in [0, 0.05) is 19.1 Å². The van der Waals surface area contributed by atoms with Crippen molar-refractivity contribution in [3.05, 3.63) is 0 Å². The summed E-state index contributed by atoms with van der Waals surface area (Å²) in [7, 11) is 0. The van der Waals surface area contributed by atoms with Gasteiger partial charge in [-0.05, 0) is 50.4 Å². The molecule has 2 atom stereocenters. The van der Waals surface area contributed by atoms with Crippen LogP contribution in [0.15, 0.2) is 0 Å². The van der Waals surface area contributed by atoms with E-state index in [1.54, 1.807) is 0 Å². The fraction of sp³-hybridized carbons (Fsp3) is 0.944. The molecule has 2 fully saturated rings. The molecule has 1 saturated heterocycles. The van der Waals surface area contributed by atoms with E-state index in [9.17, 15) is 9.90 Å². The fourth-order valence-corrected chi connectivity index (χ4v) is 4.34. The molecule has 0 aromatic heterocycles. The molecular formula is C18H34N2O2. The number of hydrogen-bond acceptors (Lipinski definition) is 2. The summed E-state index contributed by atoms with van der Waals surface area (Å²) < 4.78 is 0. The van der Waals surface area contributed by atoms with Gasteiger partial charge in [0.2, 0.25) is 0 Å². The van der Waals surface area contributed by atoms with Crippen LogP contribution in [0.25, 0.3) is 0 Å². The topological polar surface area (TPSA) is 52.6 Å². The smallest absolute Gasteiger partial charge is 0.317 e. The van der Waals surface area contributed by atoms with Gasteiger partial charge in [-0.15, -0.1) is 0 Å². The summed E-state index contributed by atoms with van der Waals surface area (Å²) in [5.74, 6) is 0.715. The van der Waals surface area contributed by atoms with E-state index in [0.29, 0.717) is 24.9 Å². The van der Waals surface area contributed by atoms with Gasteiger partial charge >= 0.3 is 6.03 Å². The van der Waals surface area contributed by atoms with Crippen molar-refractivity contribution in [2.24, 2.45) is 11.3 Å². The van der Waals surface area contributed by atoms with Crippen molar-refractivity contribution in [3.63, 3.8) is 0 Å². The molecule has 1 aliphatic carbocycles. The molecule has 2 amide bonds. The monoisotopic (exact) mass is 310 g/mol. The number of carbonyl (C=O) groups is 1. The number of aliphatic hydroxyl groups excluding tert-OH is 1. The summed E-state index contributed by atoms with van der Waals surface area (Å²) >= 11 is 0. The summed E-state index contributed by atoms with van der Waals surface area (Å²) in [5.41, 5.74) is -0.0656. The molecule has 0 spiro atoms. The molecule has 0 aromatic carbocycles. The molecule has 2 aliphatic rings. The third kappa shape index (κ3) is 4.87. The van der Waals surface area contributed by atoms with E-state index in [0.717, 1.165) is 13.0 Å². The predicted octanol–water partition coefficient (Wildman–Crippen LogP) is 3.54. The Hall–Kier alpha value is -0.770. The quantitative estimate of drug-likeness (QED) is 0.816. The highest BCUT2D eigenvalue weighted by atomic mass is 16.3. The van der Waals surface area contributed by atoms with Crippen molar-refractivity contribution in [1.82, 2.24) is 10.2 Å². The lowest BCUT2D eigenvalue weighted by atomic mass is 9.83. The molecule has 2 rings (SSSR count). The van der Waals surface area contributed by atoms with Gasteiger partial charge in [-0.25, -0.2) is 4.79 Å². The van der Waals surface area contributed by atoms with Crippen LogP contribution < -0.4 is 5.32 Å². The normalized spacial score (nSPS) is 25.3. The lowest BCUT2D eigenvalue weighted by Gasteiger charge is -2.35. The first-order valence-electron chi connectivity index (χ1n) is 9.11. The Balaban J connectivity index is 1.85. The van der Waals surface area contributed by atoms with E-state index >= 15 is 0 Å². The average molecular weight is 310 g/mol. The number of aliphatic hydroxyl groups is 1. The van der Waals surface area contributed by atoms with Crippen molar-refractivity contribution in [3.8, 4) is 0 Å². The third-order valence-electron chi connectivity index (χ3n) is 5.32. The predicted molar refractivity (Wildman–Crippen MR) is 89.8 cm³/mol. The van der Waals surface area contributed by atoms with Crippen LogP contribution in [-0.4, -0.2) is 41.3 Å². The van der Waals surface area contributed by atoms with Gasteiger partial charge in [-0.2, -0.15) is 0 Å². The van der Waals surface area contributed by atoms with Crippen LogP contribution in [0, 0.1) is 11.3 Å². The highest BCUT2D eigenvalue weighted by Crippen LogP contribution is 2.34. The second-order valence-electron chi connectivity index (χ2n) is 8.18. The molecule has 0 aromatic rings. The van der Waals surface area contributed by atoms with E-state index in [1.807, 2.05) is 6.92 Å². The average Bonchev–Trinajstić information content (AvgIpc) is 2.94. The number of likely N-dealkylation sites (tertiary alicyclic amines) is 1. The van der Waals surface area contributed by atoms with Gasteiger partial charge in [0.15, 0.2) is 0 Å². The number of hydrogen-bond donors (Lipinski definition) is 2. The number of nitrogens with zero attached hydrogens (tertiary/aromatic N) is 1. The zero-order valence-corrected chi connectivity index (χ0v) is 14.6. The van der Waals surface area contributed by atoms with Gasteiger partial charge in [-0.1, -0.05) is 33.1 Å². The SMILES string of the molecule is CC(O)CC(C)(C)CNC(=O)N1CCCC1C1CCCCC1. The summed E-state index contributed by atoms with van der Waals surface area (Å²) in [6.45, 7) is 7.54. The number of carbonyl (C=O) groups excluding carboxylic acids is 1. The second kappa shape index (κ2) is 7.67. The standard InChI is InChI=1S/C18H34N2O2/c1-14(21)12-18(2,3)13-19-17(22)20-11-7-10-16(20)15-8-5-4-6-9-15/h14-16,21H,4-13H2,1-3H3,(H,19,22). The molecule has 22 heavy (non-hydrogen) atoms. The molecule has 2 N–H and O–H groups in total. The number of nitrogens with one attached hydrogen (secondary N) is 1. The molecule has 2 unspecified atom stereocenters. The van der Waals surface area contributed by atoms with Crippen LogP contribution in [0.4, 0.5) is 4.79 Å². The summed E-state index contributed by atoms with van der Waals surface area (Å²) in [6, 6.07) is 0.562. The maximum absolute atomic E-state index is 12.6. The van der Waals surface area contributed by atoms with Crippen LogP contribution in [0.1, 0.15) is 72.1 Å². The second-order valence-corrected chi connectivity index (χ2v) is 8.18. The van der Waals surface area contributed by atoms with Crippen molar-refractivity contribution in [2.45, 2.75) is 84.3 Å². The molecule has 1 saturated carbocycles. The molecule has 128 valence electrons. The Morgan fingerprint density at radius 1 is 1.23 bits per heavy atom. The number of rotatable bonds is 5. The van der Waals surface area contributed by atoms with Crippen molar-refractivity contribution in [2.75, 3.05) is 13.1 Å². The largest absolute Gasteiger partial charge is 0.393 e. The molecular weight excluding hydrogens is 276 g/mol. The molecule has 0 radical (unpaired) electrons. The van der Waals surface area contributed by atoms with E-state index in [1.165, 1.54) is 38.5 Å². The molecule has 0 bridgehead atoms. The maximum atomic E-state index is 12.6. The summed E-state index contributed by atoms with van der Waals surface area (Å²) in [6.07, 6.45) is 9.32. The van der Waals surface area contributed by atoms with Crippen molar-refractivity contribution < 1.29 is 9.90 Å². The minimum atomic E-state index is -0.325. The van der Waals surface area contributed by atoms with Gasteiger partial charge < -0.3 is 15.3 Å². The Labute approximate surface area is 135 Å². The lowest BCUT2D eigenvalue weighted by Crippen LogP contribution is -2.48. The minimum Gasteiger partial charge on any atom is -0.393 e. The van der Waals surface area contributed by atoms with E-state index < -0.39 is 0 Å². The highest BCUT2D eigenvalue weighted by Gasteiger charge is 2.35.